The van der Waals surface area contributed by atoms with Crippen molar-refractivity contribution in [3.05, 3.63) is 58.9 Å². The van der Waals surface area contributed by atoms with Gasteiger partial charge >= 0.3 is 0 Å². The lowest BCUT2D eigenvalue weighted by molar-refractivity contribution is 1.00. The molecule has 0 amide bonds. The van der Waals surface area contributed by atoms with Gasteiger partial charge in [0.1, 0.15) is 0 Å². The lowest BCUT2D eigenvalue weighted by atomic mass is 10.2. The molecule has 3 rings (SSSR count). The van der Waals surface area contributed by atoms with Crippen LogP contribution in [0.3, 0.4) is 0 Å². The zero-order valence-electron chi connectivity index (χ0n) is 12.5. The van der Waals surface area contributed by atoms with Crippen molar-refractivity contribution >= 4 is 45.5 Å². The summed E-state index contributed by atoms with van der Waals surface area (Å²) >= 11 is 9.36. The Morgan fingerprint density at radius 2 is 2.13 bits per heavy atom. The lowest BCUT2D eigenvalue weighted by Crippen LogP contribution is -1.91. The Kier molecular flexibility index (Phi) is 5.48. The van der Waals surface area contributed by atoms with E-state index in [-0.39, 0.29) is 0 Å². The van der Waals surface area contributed by atoms with Crippen LogP contribution in [-0.4, -0.2) is 20.9 Å². The van der Waals surface area contributed by atoms with Crippen molar-refractivity contribution in [3.63, 3.8) is 0 Å². The maximum absolute atomic E-state index is 6.13. The number of aryl methyl sites for hydroxylation is 2. The molecule has 7 heteroatoms. The van der Waals surface area contributed by atoms with Crippen molar-refractivity contribution < 1.29 is 0 Å². The number of hydrogen-bond acceptors (Lipinski definition) is 6. The molecule has 0 bridgehead atoms. The normalized spacial score (nSPS) is 10.7. The van der Waals surface area contributed by atoms with E-state index < -0.39 is 0 Å². The third-order valence-electron chi connectivity index (χ3n) is 3.14. The number of nitrogens with zero attached hydrogens (tertiary/aromatic N) is 3. The first kappa shape index (κ1) is 16.2. The van der Waals surface area contributed by atoms with Crippen molar-refractivity contribution in [1.29, 1.82) is 0 Å². The van der Waals surface area contributed by atoms with Gasteiger partial charge in [0.15, 0.2) is 4.34 Å². The predicted molar refractivity (Wildman–Crippen MR) is 98.0 cm³/mol. The number of thioether (sulfide) groups is 1. The second-order valence-corrected chi connectivity index (χ2v) is 7.61. The van der Waals surface area contributed by atoms with Crippen LogP contribution in [0, 0.1) is 6.92 Å². The van der Waals surface area contributed by atoms with Gasteiger partial charge in [0.25, 0.3) is 0 Å². The van der Waals surface area contributed by atoms with Gasteiger partial charge in [-0.05, 0) is 43.2 Å². The molecule has 0 radical (unpaired) electrons. The van der Waals surface area contributed by atoms with E-state index >= 15 is 0 Å². The standard InChI is InChI=1S/C16H15ClN4S2/c1-11-5-6-13(10-14(11)17)19-15-20-21-16(23-15)22-9-7-12-4-2-3-8-18-12/h2-6,8,10H,7,9H2,1H3,(H,19,20). The van der Waals surface area contributed by atoms with Gasteiger partial charge in [-0.3, -0.25) is 4.98 Å². The molecule has 2 heterocycles. The Bertz CT molecular complexity index is 777. The van der Waals surface area contributed by atoms with Gasteiger partial charge in [-0.2, -0.15) is 0 Å². The van der Waals surface area contributed by atoms with Crippen LogP contribution < -0.4 is 5.32 Å². The first-order valence-electron chi connectivity index (χ1n) is 7.10. The zero-order chi connectivity index (χ0) is 16.1. The largest absolute Gasteiger partial charge is 0.330 e. The van der Waals surface area contributed by atoms with E-state index in [0.717, 1.165) is 43.6 Å². The van der Waals surface area contributed by atoms with Gasteiger partial charge in [0.2, 0.25) is 5.13 Å². The molecule has 0 atom stereocenters. The second-order valence-electron chi connectivity index (χ2n) is 4.88. The Morgan fingerprint density at radius 1 is 1.22 bits per heavy atom. The van der Waals surface area contributed by atoms with Gasteiger partial charge in [-0.15, -0.1) is 10.2 Å². The lowest BCUT2D eigenvalue weighted by Gasteiger charge is -2.03. The number of pyridine rings is 1. The summed E-state index contributed by atoms with van der Waals surface area (Å²) in [6, 6.07) is 11.8. The maximum atomic E-state index is 6.13. The summed E-state index contributed by atoms with van der Waals surface area (Å²) < 4.78 is 0.946. The van der Waals surface area contributed by atoms with Gasteiger partial charge in [0, 0.05) is 28.4 Å². The minimum atomic E-state index is 0.740. The van der Waals surface area contributed by atoms with Gasteiger partial charge in [-0.1, -0.05) is 46.8 Å². The fourth-order valence-corrected chi connectivity index (χ4v) is 3.89. The fourth-order valence-electron chi connectivity index (χ4n) is 1.90. The average molecular weight is 363 g/mol. The van der Waals surface area contributed by atoms with Crippen LogP contribution >= 0.6 is 34.7 Å². The molecule has 0 fully saturated rings. The van der Waals surface area contributed by atoms with E-state index in [1.807, 2.05) is 49.5 Å². The molecule has 23 heavy (non-hydrogen) atoms. The zero-order valence-corrected chi connectivity index (χ0v) is 14.9. The van der Waals surface area contributed by atoms with E-state index in [0.29, 0.717) is 0 Å². The number of aromatic nitrogens is 3. The predicted octanol–water partition coefficient (Wildman–Crippen LogP) is 4.97. The van der Waals surface area contributed by atoms with Crippen LogP contribution in [0.4, 0.5) is 10.8 Å². The summed E-state index contributed by atoms with van der Waals surface area (Å²) in [6.45, 7) is 1.98. The molecule has 0 saturated heterocycles. The SMILES string of the molecule is Cc1ccc(Nc2nnc(SCCc3ccccn3)s2)cc1Cl. The average Bonchev–Trinajstić information content (AvgIpc) is 2.99. The first-order valence-corrected chi connectivity index (χ1v) is 9.28. The van der Waals surface area contributed by atoms with Crippen LogP contribution in [0.2, 0.25) is 5.02 Å². The quantitative estimate of drug-likeness (QED) is 0.627. The van der Waals surface area contributed by atoms with Crippen LogP contribution in [0.1, 0.15) is 11.3 Å². The minimum Gasteiger partial charge on any atom is -0.330 e. The molecule has 1 aromatic carbocycles. The molecule has 0 aliphatic rings. The summed E-state index contributed by atoms with van der Waals surface area (Å²) in [4.78, 5) is 4.32. The molecule has 0 unspecified atom stereocenters. The Balaban J connectivity index is 1.54. The number of hydrogen-bond donors (Lipinski definition) is 1. The van der Waals surface area contributed by atoms with Gasteiger partial charge in [-0.25, -0.2) is 0 Å². The number of rotatable bonds is 6. The van der Waals surface area contributed by atoms with Gasteiger partial charge < -0.3 is 5.32 Å². The highest BCUT2D eigenvalue weighted by Gasteiger charge is 2.06. The van der Waals surface area contributed by atoms with E-state index in [4.69, 9.17) is 11.6 Å². The van der Waals surface area contributed by atoms with Crippen LogP contribution in [0.15, 0.2) is 46.9 Å². The van der Waals surface area contributed by atoms with Crippen molar-refractivity contribution in [3.8, 4) is 0 Å². The molecule has 3 aromatic rings. The molecular weight excluding hydrogens is 348 g/mol. The monoisotopic (exact) mass is 362 g/mol. The molecular formula is C16H15ClN4S2. The summed E-state index contributed by atoms with van der Waals surface area (Å²) in [5, 5.41) is 13.1. The van der Waals surface area contributed by atoms with Crippen molar-refractivity contribution in [2.45, 2.75) is 17.7 Å². The van der Waals surface area contributed by atoms with Crippen molar-refractivity contribution in [2.75, 3.05) is 11.1 Å². The van der Waals surface area contributed by atoms with E-state index in [2.05, 4.69) is 20.5 Å². The fraction of sp³-hybridized carbons (Fsp3) is 0.188. The molecule has 0 aliphatic carbocycles. The molecule has 0 aliphatic heterocycles. The first-order chi connectivity index (χ1) is 11.2. The number of anilines is 2. The summed E-state index contributed by atoms with van der Waals surface area (Å²) in [5.41, 5.74) is 3.07. The molecule has 118 valence electrons. The van der Waals surface area contributed by atoms with E-state index in [1.165, 1.54) is 11.3 Å². The number of nitrogens with one attached hydrogen (secondary N) is 1. The molecule has 1 N–H and O–H groups in total. The molecule has 4 nitrogen and oxygen atoms in total. The van der Waals surface area contributed by atoms with Crippen molar-refractivity contribution in [2.24, 2.45) is 0 Å². The maximum Gasteiger partial charge on any atom is 0.210 e. The number of halogens is 1. The minimum absolute atomic E-state index is 0.740. The highest BCUT2D eigenvalue weighted by atomic mass is 35.5. The topological polar surface area (TPSA) is 50.7 Å². The Morgan fingerprint density at radius 3 is 2.91 bits per heavy atom. The molecule has 2 aromatic heterocycles. The second kappa shape index (κ2) is 7.77. The van der Waals surface area contributed by atoms with Crippen LogP contribution in [0.5, 0.6) is 0 Å². The highest BCUT2D eigenvalue weighted by Crippen LogP contribution is 2.29. The van der Waals surface area contributed by atoms with E-state index in [1.54, 1.807) is 11.8 Å². The van der Waals surface area contributed by atoms with Gasteiger partial charge in [0.05, 0.1) is 0 Å². The van der Waals surface area contributed by atoms with Crippen LogP contribution in [-0.2, 0) is 6.42 Å². The number of benzene rings is 1. The summed E-state index contributed by atoms with van der Waals surface area (Å²) in [7, 11) is 0. The smallest absolute Gasteiger partial charge is 0.210 e. The molecule has 0 spiro atoms. The Labute approximate surface area is 148 Å². The van der Waals surface area contributed by atoms with Crippen LogP contribution in [0.25, 0.3) is 0 Å². The summed E-state index contributed by atoms with van der Waals surface area (Å²) in [5.74, 6) is 0.933. The molecule has 0 saturated carbocycles. The summed E-state index contributed by atoms with van der Waals surface area (Å²) in [6.07, 6.45) is 2.74. The van der Waals surface area contributed by atoms with Crippen molar-refractivity contribution in [1.82, 2.24) is 15.2 Å². The van der Waals surface area contributed by atoms with E-state index in [9.17, 15) is 0 Å². The Hall–Kier alpha value is -1.63. The third kappa shape index (κ3) is 4.67. The third-order valence-corrected chi connectivity index (χ3v) is 5.52. The highest BCUT2D eigenvalue weighted by molar-refractivity contribution is 8.01.